The monoisotopic (exact) mass is 371 g/mol. The van der Waals surface area contributed by atoms with Crippen molar-refractivity contribution in [2.75, 3.05) is 6.26 Å². The van der Waals surface area contributed by atoms with E-state index < -0.39 is 23.0 Å². The number of hydrogen-bond acceptors (Lipinski definition) is 5. The van der Waals surface area contributed by atoms with Gasteiger partial charge in [-0.3, -0.25) is 9.36 Å². The summed E-state index contributed by atoms with van der Waals surface area (Å²) >= 11 is 1.42. The number of halogens is 2. The second-order valence-electron chi connectivity index (χ2n) is 6.40. The Morgan fingerprint density at radius 1 is 1.48 bits per heavy atom. The molecule has 136 valence electrons. The minimum atomic E-state index is -4.25. The zero-order valence-electron chi connectivity index (χ0n) is 13.8. The molecule has 6 nitrogen and oxygen atoms in total. The van der Waals surface area contributed by atoms with Gasteiger partial charge < -0.3 is 10.4 Å². The van der Waals surface area contributed by atoms with Gasteiger partial charge in [-0.05, 0) is 31.1 Å². The highest BCUT2D eigenvalue weighted by atomic mass is 32.2. The van der Waals surface area contributed by atoms with E-state index in [1.165, 1.54) is 22.5 Å². The summed E-state index contributed by atoms with van der Waals surface area (Å²) in [6, 6.07) is 0.679. The summed E-state index contributed by atoms with van der Waals surface area (Å²) in [5.41, 5.74) is -1.97. The van der Waals surface area contributed by atoms with Gasteiger partial charge in [0.05, 0.1) is 5.56 Å². The van der Waals surface area contributed by atoms with Crippen molar-refractivity contribution in [3.63, 3.8) is 0 Å². The highest BCUT2D eigenvalue weighted by molar-refractivity contribution is 7.99. The van der Waals surface area contributed by atoms with Gasteiger partial charge in [-0.1, -0.05) is 13.3 Å². The average molecular weight is 371 g/mol. The quantitative estimate of drug-likeness (QED) is 0.825. The van der Waals surface area contributed by atoms with Crippen molar-refractivity contribution in [1.29, 1.82) is 0 Å². The van der Waals surface area contributed by atoms with Crippen LogP contribution in [0.2, 0.25) is 0 Å². The molecule has 3 rings (SSSR count). The Labute approximate surface area is 146 Å². The lowest BCUT2D eigenvalue weighted by atomic mass is 10.0. The number of nitrogens with zero attached hydrogens (tertiary/aromatic N) is 2. The maximum Gasteiger partial charge on any atom is 0.379 e. The number of carbonyl (C=O) groups is 1. The summed E-state index contributed by atoms with van der Waals surface area (Å²) in [6.45, 7) is 1.97. The van der Waals surface area contributed by atoms with Gasteiger partial charge in [0.2, 0.25) is 0 Å². The normalized spacial score (nSPS) is 25.5. The van der Waals surface area contributed by atoms with Gasteiger partial charge in [-0.15, -0.1) is 11.8 Å². The lowest BCUT2D eigenvalue weighted by molar-refractivity contribution is -0.166. The van der Waals surface area contributed by atoms with E-state index in [1.54, 1.807) is 0 Å². The molecule has 9 heteroatoms. The number of aliphatic carboxylic acids is 1. The molecule has 1 aromatic heterocycles. The van der Waals surface area contributed by atoms with Gasteiger partial charge >= 0.3 is 11.9 Å². The summed E-state index contributed by atoms with van der Waals surface area (Å²) in [6.07, 6.45) is 5.82. The zero-order chi connectivity index (χ0) is 18.4. The summed E-state index contributed by atoms with van der Waals surface area (Å²) in [4.78, 5) is 28.3. The fourth-order valence-electron chi connectivity index (χ4n) is 3.48. The van der Waals surface area contributed by atoms with Crippen LogP contribution in [-0.4, -0.2) is 27.4 Å². The molecule has 1 saturated carbocycles. The second kappa shape index (κ2) is 6.44. The van der Waals surface area contributed by atoms with Crippen molar-refractivity contribution in [2.24, 2.45) is 10.9 Å². The molecule has 25 heavy (non-hydrogen) atoms. The molecular weight excluding hydrogens is 352 g/mol. The molecule has 0 amide bonds. The van der Waals surface area contributed by atoms with Crippen molar-refractivity contribution in [3.05, 3.63) is 32.7 Å². The zero-order valence-corrected chi connectivity index (χ0v) is 14.6. The van der Waals surface area contributed by atoms with E-state index >= 15 is 0 Å². The van der Waals surface area contributed by atoms with Crippen LogP contribution in [0, 0.1) is 5.92 Å². The molecule has 1 aliphatic carbocycles. The molecule has 3 atom stereocenters. The molecule has 1 aromatic rings. The predicted octanol–water partition coefficient (Wildman–Crippen LogP) is 0.993. The Kier molecular flexibility index (Phi) is 4.61. The maximum atomic E-state index is 14.1. The standard InChI is InChI=1S/C16H19F2N3O3S/c1-8-4-3-5-11(8)21-12-9(7-19-15(20-12)25-2)6-10(13(21)22)16(17,18)14(23)24/h6-8,11,15,19H,3-5H2,1-2H3,(H,23,24)/t8?,11-,15?/m1/s1. The van der Waals surface area contributed by atoms with E-state index in [0.29, 0.717) is 17.1 Å². The molecule has 1 fully saturated rings. The van der Waals surface area contributed by atoms with Gasteiger partial charge in [0.15, 0.2) is 5.50 Å². The van der Waals surface area contributed by atoms with Crippen molar-refractivity contribution >= 4 is 23.9 Å². The smallest absolute Gasteiger partial charge is 0.379 e. The van der Waals surface area contributed by atoms with Gasteiger partial charge in [0.1, 0.15) is 5.49 Å². The first-order chi connectivity index (χ1) is 11.8. The van der Waals surface area contributed by atoms with E-state index in [9.17, 15) is 18.4 Å². The number of nitrogens with one attached hydrogen (secondary N) is 1. The molecule has 1 aliphatic heterocycles. The molecule has 0 radical (unpaired) electrons. The largest absolute Gasteiger partial charge is 0.477 e. The van der Waals surface area contributed by atoms with E-state index in [4.69, 9.17) is 5.11 Å². The number of rotatable bonds is 4. The summed E-state index contributed by atoms with van der Waals surface area (Å²) in [5, 5.41) is 12.1. The van der Waals surface area contributed by atoms with Crippen LogP contribution in [0.3, 0.4) is 0 Å². The third kappa shape index (κ3) is 2.94. The molecule has 0 aromatic carbocycles. The third-order valence-electron chi connectivity index (χ3n) is 4.83. The molecule has 0 saturated heterocycles. The van der Waals surface area contributed by atoms with E-state index in [-0.39, 0.29) is 17.5 Å². The van der Waals surface area contributed by atoms with Crippen LogP contribution < -0.4 is 21.6 Å². The van der Waals surface area contributed by atoms with E-state index in [1.807, 2.05) is 13.2 Å². The summed E-state index contributed by atoms with van der Waals surface area (Å²) in [7, 11) is 0. The van der Waals surface area contributed by atoms with Crippen LogP contribution in [0.4, 0.5) is 8.78 Å². The highest BCUT2D eigenvalue weighted by Gasteiger charge is 2.45. The average Bonchev–Trinajstić information content (AvgIpc) is 2.99. The number of carboxylic acid groups (broad SMARTS) is 1. The molecule has 0 spiro atoms. The van der Waals surface area contributed by atoms with Crippen LogP contribution in [0.15, 0.2) is 15.9 Å². The van der Waals surface area contributed by atoms with Crippen molar-refractivity contribution < 1.29 is 18.7 Å². The van der Waals surface area contributed by atoms with Crippen LogP contribution in [-0.2, 0) is 10.7 Å². The topological polar surface area (TPSA) is 83.7 Å². The number of alkyl halides is 2. The number of fused-ring (bicyclic) bond motifs is 1. The lowest BCUT2D eigenvalue weighted by Gasteiger charge is -2.24. The Bertz CT molecular complexity index is 884. The highest BCUT2D eigenvalue weighted by Crippen LogP contribution is 2.34. The molecule has 2 aliphatic rings. The number of thioether (sulfide) groups is 1. The number of carboxylic acids is 1. The van der Waals surface area contributed by atoms with Crippen molar-refractivity contribution in [2.45, 2.75) is 43.6 Å². The summed E-state index contributed by atoms with van der Waals surface area (Å²) in [5.74, 6) is -6.45. The van der Waals surface area contributed by atoms with Crippen molar-refractivity contribution in [1.82, 2.24) is 9.88 Å². The van der Waals surface area contributed by atoms with Gasteiger partial charge in [0.25, 0.3) is 5.56 Å². The molecule has 0 bridgehead atoms. The Balaban J connectivity index is 2.35. The number of aromatic nitrogens is 1. The van der Waals surface area contributed by atoms with Crippen LogP contribution in [0.1, 0.15) is 37.8 Å². The SMILES string of the molecule is CSC1N=c2c(cc(C(F)(F)C(=O)O)c(=O)n2[C@@H]2CCCC2C)=CN1. The Morgan fingerprint density at radius 2 is 2.20 bits per heavy atom. The Morgan fingerprint density at radius 3 is 2.76 bits per heavy atom. The van der Waals surface area contributed by atoms with Gasteiger partial charge in [-0.25, -0.2) is 9.79 Å². The van der Waals surface area contributed by atoms with Crippen LogP contribution in [0.5, 0.6) is 0 Å². The lowest BCUT2D eigenvalue weighted by Crippen LogP contribution is -2.53. The number of pyridine rings is 1. The summed E-state index contributed by atoms with van der Waals surface area (Å²) < 4.78 is 29.6. The van der Waals surface area contributed by atoms with Crippen LogP contribution >= 0.6 is 11.8 Å². The Hall–Kier alpha value is -1.90. The minimum absolute atomic E-state index is 0.133. The van der Waals surface area contributed by atoms with E-state index in [0.717, 1.165) is 18.9 Å². The first kappa shape index (κ1) is 17.9. The van der Waals surface area contributed by atoms with E-state index in [2.05, 4.69) is 10.3 Å². The van der Waals surface area contributed by atoms with Gasteiger partial charge in [0, 0.05) is 17.5 Å². The number of hydrogen-bond donors (Lipinski definition) is 2. The first-order valence-electron chi connectivity index (χ1n) is 8.01. The second-order valence-corrected chi connectivity index (χ2v) is 7.31. The maximum absolute atomic E-state index is 14.1. The molecule has 2 N–H and O–H groups in total. The van der Waals surface area contributed by atoms with Gasteiger partial charge in [-0.2, -0.15) is 8.78 Å². The van der Waals surface area contributed by atoms with Crippen molar-refractivity contribution in [3.8, 4) is 0 Å². The molecule has 2 heterocycles. The molecule has 2 unspecified atom stereocenters. The van der Waals surface area contributed by atoms with Crippen LogP contribution in [0.25, 0.3) is 6.20 Å². The first-order valence-corrected chi connectivity index (χ1v) is 9.30. The fraction of sp³-hybridized carbons (Fsp3) is 0.562. The predicted molar refractivity (Wildman–Crippen MR) is 90.0 cm³/mol. The minimum Gasteiger partial charge on any atom is -0.477 e. The molecular formula is C16H19F2N3O3S. The third-order valence-corrected chi connectivity index (χ3v) is 5.52. The fourth-order valence-corrected chi connectivity index (χ4v) is 3.89.